The van der Waals surface area contributed by atoms with E-state index in [0.29, 0.717) is 17.1 Å². The second kappa shape index (κ2) is 5.28. The number of hydrogen-bond acceptors (Lipinski definition) is 4. The van der Waals surface area contributed by atoms with Gasteiger partial charge in [-0.15, -0.1) is 0 Å². The summed E-state index contributed by atoms with van der Waals surface area (Å²) >= 11 is 6.03. The molecule has 0 aliphatic heterocycles. The highest BCUT2D eigenvalue weighted by Crippen LogP contribution is 2.23. The van der Waals surface area contributed by atoms with Crippen LogP contribution in [-0.4, -0.2) is 9.97 Å². The average Bonchev–Trinajstić information content (AvgIpc) is 2.38. The van der Waals surface area contributed by atoms with Gasteiger partial charge < -0.3 is 5.32 Å². The number of hydrogen-bond donors (Lipinski definition) is 1. The Hall–Kier alpha value is -2.12. The van der Waals surface area contributed by atoms with Crippen LogP contribution >= 0.6 is 11.6 Å². The van der Waals surface area contributed by atoms with Crippen LogP contribution in [0, 0.1) is 11.3 Å². The van der Waals surface area contributed by atoms with Crippen molar-refractivity contribution in [1.82, 2.24) is 9.97 Å². The summed E-state index contributed by atoms with van der Waals surface area (Å²) in [6.07, 6.45) is 4.95. The van der Waals surface area contributed by atoms with E-state index in [1.807, 2.05) is 6.07 Å². The molecule has 0 radical (unpaired) electrons. The smallest absolute Gasteiger partial charge is 0.115 e. The molecule has 84 valence electrons. The van der Waals surface area contributed by atoms with Gasteiger partial charge in [-0.25, -0.2) is 9.97 Å². The zero-order chi connectivity index (χ0) is 12.1. The van der Waals surface area contributed by atoms with Crippen molar-refractivity contribution in [1.29, 1.82) is 5.26 Å². The first-order chi connectivity index (χ1) is 8.29. The van der Waals surface area contributed by atoms with Crippen LogP contribution in [0.4, 0.5) is 5.69 Å². The van der Waals surface area contributed by atoms with Gasteiger partial charge in [-0.05, 0) is 18.2 Å². The molecule has 1 aromatic heterocycles. The van der Waals surface area contributed by atoms with E-state index in [-0.39, 0.29) is 0 Å². The van der Waals surface area contributed by atoms with Crippen LogP contribution in [0.5, 0.6) is 0 Å². The van der Waals surface area contributed by atoms with Crippen molar-refractivity contribution in [2.24, 2.45) is 0 Å². The number of nitrogens with zero attached hydrogens (tertiary/aromatic N) is 3. The van der Waals surface area contributed by atoms with Crippen molar-refractivity contribution in [3.05, 3.63) is 53.1 Å². The maximum atomic E-state index is 8.72. The zero-order valence-electron chi connectivity index (χ0n) is 8.89. The standard InChI is InChI=1S/C12H9ClN4/c13-11-3-9(4-14)1-2-12(11)17-7-10-5-15-8-16-6-10/h1-3,5-6,8,17H,7H2. The highest BCUT2D eigenvalue weighted by Gasteiger charge is 2.01. The van der Waals surface area contributed by atoms with Crippen molar-refractivity contribution in [3.63, 3.8) is 0 Å². The molecule has 2 rings (SSSR count). The molecule has 2 aromatic rings. The molecule has 0 saturated carbocycles. The average molecular weight is 245 g/mol. The molecule has 0 saturated heterocycles. The molecule has 0 bridgehead atoms. The SMILES string of the molecule is N#Cc1ccc(NCc2cncnc2)c(Cl)c1. The van der Waals surface area contributed by atoms with Crippen molar-refractivity contribution in [2.45, 2.75) is 6.54 Å². The van der Waals surface area contributed by atoms with Gasteiger partial charge in [-0.3, -0.25) is 0 Å². The van der Waals surface area contributed by atoms with E-state index in [1.165, 1.54) is 6.33 Å². The fraction of sp³-hybridized carbons (Fsp3) is 0.0833. The van der Waals surface area contributed by atoms with Crippen LogP contribution < -0.4 is 5.32 Å². The fourth-order valence-corrected chi connectivity index (χ4v) is 1.59. The minimum absolute atomic E-state index is 0.529. The fourth-order valence-electron chi connectivity index (χ4n) is 1.35. The lowest BCUT2D eigenvalue weighted by Crippen LogP contribution is -2.00. The van der Waals surface area contributed by atoms with E-state index in [0.717, 1.165) is 11.3 Å². The summed E-state index contributed by atoms with van der Waals surface area (Å²) in [4.78, 5) is 7.84. The third kappa shape index (κ3) is 2.92. The number of rotatable bonds is 3. The van der Waals surface area contributed by atoms with Crippen LogP contribution in [0.3, 0.4) is 0 Å². The lowest BCUT2D eigenvalue weighted by atomic mass is 10.2. The van der Waals surface area contributed by atoms with Gasteiger partial charge in [0.05, 0.1) is 22.3 Å². The Bertz CT molecular complexity index is 548. The summed E-state index contributed by atoms with van der Waals surface area (Å²) in [5.74, 6) is 0. The molecule has 0 amide bonds. The van der Waals surface area contributed by atoms with Crippen LogP contribution in [0.2, 0.25) is 5.02 Å². The summed E-state index contributed by atoms with van der Waals surface area (Å²) in [5.41, 5.74) is 2.30. The lowest BCUT2D eigenvalue weighted by molar-refractivity contribution is 1.05. The molecule has 0 unspecified atom stereocenters. The van der Waals surface area contributed by atoms with Crippen molar-refractivity contribution >= 4 is 17.3 Å². The second-order valence-corrected chi connectivity index (χ2v) is 3.81. The van der Waals surface area contributed by atoms with Crippen LogP contribution in [-0.2, 0) is 6.54 Å². The molecule has 1 N–H and O–H groups in total. The number of nitrogens with one attached hydrogen (secondary N) is 1. The number of nitriles is 1. The Labute approximate surface area is 104 Å². The van der Waals surface area contributed by atoms with Crippen LogP contribution in [0.25, 0.3) is 0 Å². The molecule has 0 aliphatic carbocycles. The second-order valence-electron chi connectivity index (χ2n) is 3.41. The summed E-state index contributed by atoms with van der Waals surface area (Å²) in [7, 11) is 0. The molecule has 0 aliphatic rings. The van der Waals surface area contributed by atoms with Gasteiger partial charge in [0.2, 0.25) is 0 Å². The Morgan fingerprint density at radius 3 is 2.71 bits per heavy atom. The van der Waals surface area contributed by atoms with E-state index in [4.69, 9.17) is 16.9 Å². The van der Waals surface area contributed by atoms with Crippen molar-refractivity contribution in [2.75, 3.05) is 5.32 Å². The van der Waals surface area contributed by atoms with E-state index >= 15 is 0 Å². The normalized spacial score (nSPS) is 9.65. The number of anilines is 1. The minimum atomic E-state index is 0.529. The predicted molar refractivity (Wildman–Crippen MR) is 65.5 cm³/mol. The highest BCUT2D eigenvalue weighted by molar-refractivity contribution is 6.33. The molecule has 17 heavy (non-hydrogen) atoms. The molecular weight excluding hydrogens is 236 g/mol. The first-order valence-electron chi connectivity index (χ1n) is 4.97. The van der Waals surface area contributed by atoms with Gasteiger partial charge in [-0.2, -0.15) is 5.26 Å². The van der Waals surface area contributed by atoms with Crippen molar-refractivity contribution in [3.8, 4) is 6.07 Å². The third-order valence-corrected chi connectivity index (χ3v) is 2.51. The Balaban J connectivity index is 2.08. The minimum Gasteiger partial charge on any atom is -0.380 e. The van der Waals surface area contributed by atoms with E-state index in [1.54, 1.807) is 30.6 Å². The molecular formula is C12H9ClN4. The lowest BCUT2D eigenvalue weighted by Gasteiger charge is -2.07. The van der Waals surface area contributed by atoms with Crippen LogP contribution in [0.15, 0.2) is 36.9 Å². The quantitative estimate of drug-likeness (QED) is 0.902. The van der Waals surface area contributed by atoms with Gasteiger partial charge in [-0.1, -0.05) is 11.6 Å². The maximum absolute atomic E-state index is 8.72. The van der Waals surface area contributed by atoms with E-state index in [2.05, 4.69) is 15.3 Å². The zero-order valence-corrected chi connectivity index (χ0v) is 9.65. The van der Waals surface area contributed by atoms with Crippen LogP contribution in [0.1, 0.15) is 11.1 Å². The summed E-state index contributed by atoms with van der Waals surface area (Å²) in [5, 5.41) is 12.4. The van der Waals surface area contributed by atoms with Gasteiger partial charge in [0.1, 0.15) is 6.33 Å². The molecule has 5 heteroatoms. The molecule has 0 atom stereocenters. The van der Waals surface area contributed by atoms with Gasteiger partial charge in [0.15, 0.2) is 0 Å². The first-order valence-corrected chi connectivity index (χ1v) is 5.35. The molecule has 1 aromatic carbocycles. The molecule has 0 fully saturated rings. The monoisotopic (exact) mass is 244 g/mol. The van der Waals surface area contributed by atoms with E-state index < -0.39 is 0 Å². The maximum Gasteiger partial charge on any atom is 0.115 e. The van der Waals surface area contributed by atoms with E-state index in [9.17, 15) is 0 Å². The largest absolute Gasteiger partial charge is 0.380 e. The number of halogens is 1. The summed E-state index contributed by atoms with van der Waals surface area (Å²) in [6, 6.07) is 7.17. The first kappa shape index (κ1) is 11.4. The number of benzene rings is 1. The van der Waals surface area contributed by atoms with Gasteiger partial charge in [0.25, 0.3) is 0 Å². The Morgan fingerprint density at radius 2 is 2.06 bits per heavy atom. The topological polar surface area (TPSA) is 61.6 Å². The Kier molecular flexibility index (Phi) is 3.53. The molecule has 4 nitrogen and oxygen atoms in total. The predicted octanol–water partition coefficient (Wildman–Crippen LogP) is 2.61. The van der Waals surface area contributed by atoms with Crippen molar-refractivity contribution < 1.29 is 0 Å². The summed E-state index contributed by atoms with van der Waals surface area (Å²) < 4.78 is 0. The molecule has 0 spiro atoms. The number of aromatic nitrogens is 2. The highest BCUT2D eigenvalue weighted by atomic mass is 35.5. The molecule has 1 heterocycles. The summed E-state index contributed by atoms with van der Waals surface area (Å²) in [6.45, 7) is 0.590. The van der Waals surface area contributed by atoms with Gasteiger partial charge in [0, 0.05) is 24.5 Å². The van der Waals surface area contributed by atoms with Gasteiger partial charge >= 0.3 is 0 Å². The Morgan fingerprint density at radius 1 is 1.29 bits per heavy atom. The third-order valence-electron chi connectivity index (χ3n) is 2.20.